The lowest BCUT2D eigenvalue weighted by Gasteiger charge is -2.17. The molecule has 0 spiro atoms. The highest BCUT2D eigenvalue weighted by atomic mass is 16.5. The number of anilines is 1. The molecule has 2 N–H and O–H groups in total. The molecule has 0 atom stereocenters. The van der Waals surface area contributed by atoms with Gasteiger partial charge >= 0.3 is 0 Å². The molecule has 4 heteroatoms. The first-order valence-corrected chi connectivity index (χ1v) is 6.74. The number of nitrogens with two attached hydrogens (primary N) is 1. The maximum Gasteiger partial charge on any atom is 0.164 e. The van der Waals surface area contributed by atoms with Gasteiger partial charge in [-0.1, -0.05) is 12.1 Å². The number of nitrogen functional groups attached to an aromatic ring is 1. The lowest BCUT2D eigenvalue weighted by atomic mass is 10.1. The van der Waals surface area contributed by atoms with Crippen LogP contribution in [-0.2, 0) is 0 Å². The molecule has 112 valence electrons. The Morgan fingerprint density at radius 3 is 2.00 bits per heavy atom. The van der Waals surface area contributed by atoms with Crippen LogP contribution in [0.3, 0.4) is 0 Å². The minimum atomic E-state index is 0.507. The SMILES string of the molecule is COc1cc(N)c(Oc2c(C)ccc(C)c2C)cc1OC. The van der Waals surface area contributed by atoms with Crippen LogP contribution in [-0.4, -0.2) is 14.2 Å². The first-order chi connectivity index (χ1) is 9.97. The molecule has 0 unspecified atom stereocenters. The highest BCUT2D eigenvalue weighted by molar-refractivity contribution is 5.63. The van der Waals surface area contributed by atoms with Gasteiger partial charge in [0.1, 0.15) is 5.75 Å². The molecule has 0 aliphatic heterocycles. The van der Waals surface area contributed by atoms with Gasteiger partial charge in [-0.2, -0.15) is 0 Å². The first kappa shape index (κ1) is 15.0. The molecule has 0 bridgehead atoms. The van der Waals surface area contributed by atoms with Crippen LogP contribution in [0.1, 0.15) is 16.7 Å². The molecule has 0 aromatic heterocycles. The molecule has 0 amide bonds. The van der Waals surface area contributed by atoms with E-state index in [1.54, 1.807) is 26.4 Å². The van der Waals surface area contributed by atoms with Crippen molar-refractivity contribution in [1.82, 2.24) is 0 Å². The van der Waals surface area contributed by atoms with E-state index in [2.05, 4.69) is 13.0 Å². The van der Waals surface area contributed by atoms with E-state index in [9.17, 15) is 0 Å². The molecule has 0 fully saturated rings. The number of methoxy groups -OCH3 is 2. The molecule has 0 radical (unpaired) electrons. The topological polar surface area (TPSA) is 53.7 Å². The van der Waals surface area contributed by atoms with Crippen molar-refractivity contribution < 1.29 is 14.2 Å². The summed E-state index contributed by atoms with van der Waals surface area (Å²) >= 11 is 0. The lowest BCUT2D eigenvalue weighted by Crippen LogP contribution is -1.99. The number of aryl methyl sites for hydroxylation is 2. The van der Waals surface area contributed by atoms with Crippen molar-refractivity contribution in [3.05, 3.63) is 41.0 Å². The molecule has 4 nitrogen and oxygen atoms in total. The van der Waals surface area contributed by atoms with Crippen LogP contribution in [0.25, 0.3) is 0 Å². The number of rotatable bonds is 4. The van der Waals surface area contributed by atoms with Crippen LogP contribution in [0, 0.1) is 20.8 Å². The smallest absolute Gasteiger partial charge is 0.164 e. The molecule has 0 saturated carbocycles. The normalized spacial score (nSPS) is 10.3. The largest absolute Gasteiger partial charge is 0.493 e. The summed E-state index contributed by atoms with van der Waals surface area (Å²) in [6, 6.07) is 7.56. The van der Waals surface area contributed by atoms with Crippen molar-refractivity contribution in [3.63, 3.8) is 0 Å². The van der Waals surface area contributed by atoms with Crippen LogP contribution >= 0.6 is 0 Å². The van der Waals surface area contributed by atoms with Gasteiger partial charge in [-0.25, -0.2) is 0 Å². The summed E-state index contributed by atoms with van der Waals surface area (Å²) in [5.41, 5.74) is 9.89. The second-order valence-corrected chi connectivity index (χ2v) is 5.00. The van der Waals surface area contributed by atoms with E-state index in [1.807, 2.05) is 19.9 Å². The van der Waals surface area contributed by atoms with Gasteiger partial charge in [0.25, 0.3) is 0 Å². The molecule has 0 heterocycles. The van der Waals surface area contributed by atoms with Crippen molar-refractivity contribution in [3.8, 4) is 23.0 Å². The Balaban J connectivity index is 2.47. The maximum atomic E-state index is 6.05. The standard InChI is InChI=1S/C17H21NO3/c1-10-6-7-11(2)17(12(10)3)21-14-9-16(20-5)15(19-4)8-13(14)18/h6-9H,18H2,1-5H3. The highest BCUT2D eigenvalue weighted by Crippen LogP contribution is 2.40. The average molecular weight is 287 g/mol. The molecule has 2 aromatic carbocycles. The Bertz CT molecular complexity index is 666. The summed E-state index contributed by atoms with van der Waals surface area (Å²) in [4.78, 5) is 0. The van der Waals surface area contributed by atoms with Gasteiger partial charge in [-0.3, -0.25) is 0 Å². The molecule has 21 heavy (non-hydrogen) atoms. The zero-order valence-electron chi connectivity index (χ0n) is 13.1. The van der Waals surface area contributed by atoms with Gasteiger partial charge in [0.2, 0.25) is 0 Å². The lowest BCUT2D eigenvalue weighted by molar-refractivity contribution is 0.352. The minimum absolute atomic E-state index is 0.507. The van der Waals surface area contributed by atoms with Gasteiger partial charge in [0.05, 0.1) is 19.9 Å². The number of hydrogen-bond donors (Lipinski definition) is 1. The summed E-state index contributed by atoms with van der Waals surface area (Å²) in [7, 11) is 3.16. The Hall–Kier alpha value is -2.36. The fourth-order valence-corrected chi connectivity index (χ4v) is 2.16. The Morgan fingerprint density at radius 1 is 0.810 bits per heavy atom. The number of ether oxygens (including phenoxy) is 3. The van der Waals surface area contributed by atoms with E-state index in [4.69, 9.17) is 19.9 Å². The fourth-order valence-electron chi connectivity index (χ4n) is 2.16. The zero-order chi connectivity index (χ0) is 15.6. The van der Waals surface area contributed by atoms with Crippen LogP contribution in [0.5, 0.6) is 23.0 Å². The average Bonchev–Trinajstić information content (AvgIpc) is 2.48. The third kappa shape index (κ3) is 2.89. The highest BCUT2D eigenvalue weighted by Gasteiger charge is 2.14. The van der Waals surface area contributed by atoms with Crippen LogP contribution in [0.4, 0.5) is 5.69 Å². The zero-order valence-corrected chi connectivity index (χ0v) is 13.1. The molecule has 0 saturated heterocycles. The third-order valence-electron chi connectivity index (χ3n) is 3.60. The van der Waals surface area contributed by atoms with E-state index in [0.717, 1.165) is 16.9 Å². The number of benzene rings is 2. The van der Waals surface area contributed by atoms with E-state index >= 15 is 0 Å². The van der Waals surface area contributed by atoms with Gasteiger partial charge in [0, 0.05) is 12.1 Å². The maximum absolute atomic E-state index is 6.05. The van der Waals surface area contributed by atoms with Crippen LogP contribution in [0.15, 0.2) is 24.3 Å². The molecule has 2 aromatic rings. The van der Waals surface area contributed by atoms with Crippen molar-refractivity contribution >= 4 is 5.69 Å². The Morgan fingerprint density at radius 2 is 1.38 bits per heavy atom. The molecular formula is C17H21NO3. The second kappa shape index (κ2) is 5.95. The van der Waals surface area contributed by atoms with E-state index in [1.165, 1.54) is 5.56 Å². The van der Waals surface area contributed by atoms with E-state index < -0.39 is 0 Å². The molecule has 0 aliphatic rings. The quantitative estimate of drug-likeness (QED) is 0.863. The van der Waals surface area contributed by atoms with Gasteiger partial charge in [-0.05, 0) is 37.5 Å². The van der Waals surface area contributed by atoms with Gasteiger partial charge in [-0.15, -0.1) is 0 Å². The van der Waals surface area contributed by atoms with Gasteiger partial charge in [0.15, 0.2) is 17.2 Å². The molecular weight excluding hydrogens is 266 g/mol. The van der Waals surface area contributed by atoms with Crippen molar-refractivity contribution in [2.45, 2.75) is 20.8 Å². The number of hydrogen-bond acceptors (Lipinski definition) is 4. The van der Waals surface area contributed by atoms with E-state index in [0.29, 0.717) is 22.9 Å². The van der Waals surface area contributed by atoms with Crippen LogP contribution < -0.4 is 19.9 Å². The predicted octanol–water partition coefficient (Wildman–Crippen LogP) is 4.00. The van der Waals surface area contributed by atoms with E-state index in [-0.39, 0.29) is 0 Å². The fraction of sp³-hybridized carbons (Fsp3) is 0.294. The predicted molar refractivity (Wildman–Crippen MR) is 84.7 cm³/mol. The summed E-state index contributed by atoms with van der Waals surface area (Å²) < 4.78 is 16.6. The molecule has 0 aliphatic carbocycles. The summed E-state index contributed by atoms with van der Waals surface area (Å²) in [6.07, 6.45) is 0. The Kier molecular flexibility index (Phi) is 4.26. The minimum Gasteiger partial charge on any atom is -0.493 e. The van der Waals surface area contributed by atoms with Gasteiger partial charge < -0.3 is 19.9 Å². The Labute approximate surface area is 125 Å². The van der Waals surface area contributed by atoms with Crippen LogP contribution in [0.2, 0.25) is 0 Å². The molecule has 2 rings (SSSR count). The summed E-state index contributed by atoms with van der Waals surface area (Å²) in [5.74, 6) is 2.56. The van der Waals surface area contributed by atoms with Crippen molar-refractivity contribution in [2.75, 3.05) is 20.0 Å². The second-order valence-electron chi connectivity index (χ2n) is 5.00. The first-order valence-electron chi connectivity index (χ1n) is 6.74. The van der Waals surface area contributed by atoms with Crippen molar-refractivity contribution in [1.29, 1.82) is 0 Å². The third-order valence-corrected chi connectivity index (χ3v) is 3.60. The van der Waals surface area contributed by atoms with Crippen molar-refractivity contribution in [2.24, 2.45) is 0 Å². The monoisotopic (exact) mass is 287 g/mol. The summed E-state index contributed by atoms with van der Waals surface area (Å²) in [5, 5.41) is 0. The summed E-state index contributed by atoms with van der Waals surface area (Å²) in [6.45, 7) is 6.10.